The van der Waals surface area contributed by atoms with Gasteiger partial charge in [-0.25, -0.2) is 14.8 Å². The number of amides is 5. The van der Waals surface area contributed by atoms with Gasteiger partial charge in [-0.05, 0) is 92.3 Å². The van der Waals surface area contributed by atoms with E-state index in [1.165, 1.54) is 6.33 Å². The minimum Gasteiger partial charge on any atom is -0.457 e. The number of nitrogen functional groups attached to an aromatic ring is 1. The Labute approximate surface area is 354 Å². The molecule has 9 rings (SSSR count). The van der Waals surface area contributed by atoms with E-state index in [1.807, 2.05) is 82.6 Å². The van der Waals surface area contributed by atoms with E-state index in [2.05, 4.69) is 30.4 Å². The van der Waals surface area contributed by atoms with Gasteiger partial charge in [0.1, 0.15) is 35.5 Å². The summed E-state index contributed by atoms with van der Waals surface area (Å²) in [5.74, 6) is 1.35. The summed E-state index contributed by atoms with van der Waals surface area (Å²) in [5, 5.41) is 15.0. The molecule has 1 atom stereocenters. The molecule has 16 heteroatoms. The van der Waals surface area contributed by atoms with Crippen LogP contribution in [0.5, 0.6) is 11.5 Å². The number of piperazine rings is 1. The second-order valence-electron chi connectivity index (χ2n) is 16.5. The molecule has 3 aromatic carbocycles. The lowest BCUT2D eigenvalue weighted by atomic mass is 9.97. The Bertz CT molecular complexity index is 2300. The van der Waals surface area contributed by atoms with E-state index in [-0.39, 0.29) is 41.8 Å². The molecule has 61 heavy (non-hydrogen) atoms. The summed E-state index contributed by atoms with van der Waals surface area (Å²) < 4.78 is 5.93. The van der Waals surface area contributed by atoms with E-state index in [9.17, 15) is 19.2 Å². The Balaban J connectivity index is 0.724. The van der Waals surface area contributed by atoms with Crippen LogP contribution in [0.2, 0.25) is 0 Å². The quantitative estimate of drug-likeness (QED) is 0.139. The van der Waals surface area contributed by atoms with Gasteiger partial charge in [0.05, 0.1) is 11.3 Å². The van der Waals surface area contributed by atoms with Crippen LogP contribution in [-0.4, -0.2) is 130 Å². The van der Waals surface area contributed by atoms with Crippen LogP contribution in [0.3, 0.4) is 0 Å². The maximum atomic E-state index is 13.7. The minimum absolute atomic E-state index is 0.0994. The van der Waals surface area contributed by atoms with Crippen LogP contribution in [0.1, 0.15) is 65.6 Å². The third-order valence-corrected chi connectivity index (χ3v) is 12.8. The number of imide groups is 1. The van der Waals surface area contributed by atoms with Crippen molar-refractivity contribution in [2.45, 2.75) is 63.2 Å². The van der Waals surface area contributed by atoms with Crippen LogP contribution in [0, 0.1) is 5.41 Å². The molecule has 6 heterocycles. The average Bonchev–Trinajstić information content (AvgIpc) is 3.61. The zero-order valence-corrected chi connectivity index (χ0v) is 34.1. The van der Waals surface area contributed by atoms with Crippen LogP contribution < -0.4 is 26.0 Å². The van der Waals surface area contributed by atoms with E-state index < -0.39 is 11.9 Å². The number of para-hydroxylation sites is 1. The maximum absolute atomic E-state index is 13.7. The third-order valence-electron chi connectivity index (χ3n) is 12.8. The maximum Gasteiger partial charge on any atom is 0.320 e. The molecular weight excluding hydrogens is 775 g/mol. The third kappa shape index (κ3) is 8.44. The monoisotopic (exact) mass is 825 g/mol. The highest BCUT2D eigenvalue weighted by molar-refractivity contribution is 6.16. The number of fused-ring (bicyclic) bond motifs is 1. The van der Waals surface area contributed by atoms with E-state index in [0.29, 0.717) is 73.4 Å². The SMILES string of the molecule is N=C(c1ccc(Oc2ccccc2)cc1)c1c(N)ncnc1NC1CCN(C2CCN(C(=O)N3CCN(c4ccc5c(c4)CN(C4CCC(=O)NC4=O)C5=O)CC3)CC2)CC1. The van der Waals surface area contributed by atoms with E-state index in [1.54, 1.807) is 4.90 Å². The highest BCUT2D eigenvalue weighted by Gasteiger charge is 2.40. The van der Waals surface area contributed by atoms with Crippen molar-refractivity contribution in [3.63, 3.8) is 0 Å². The van der Waals surface area contributed by atoms with Crippen molar-refractivity contribution in [3.8, 4) is 11.5 Å². The normalized spacial score (nSPS) is 20.4. The smallest absolute Gasteiger partial charge is 0.320 e. The second-order valence-corrected chi connectivity index (χ2v) is 16.5. The molecule has 4 aromatic rings. The van der Waals surface area contributed by atoms with Gasteiger partial charge in [-0.15, -0.1) is 0 Å². The summed E-state index contributed by atoms with van der Waals surface area (Å²) >= 11 is 0. The van der Waals surface area contributed by atoms with Crippen molar-refractivity contribution < 1.29 is 23.9 Å². The number of anilines is 3. The first kappa shape index (κ1) is 39.9. The molecule has 0 saturated carbocycles. The predicted molar refractivity (Wildman–Crippen MR) is 230 cm³/mol. The van der Waals surface area contributed by atoms with Gasteiger partial charge in [-0.3, -0.25) is 25.1 Å². The van der Waals surface area contributed by atoms with Crippen molar-refractivity contribution in [2.75, 3.05) is 68.3 Å². The lowest BCUT2D eigenvalue weighted by Gasteiger charge is -2.44. The number of ether oxygens (including phenoxy) is 1. The number of aromatic nitrogens is 2. The minimum atomic E-state index is -0.637. The Morgan fingerprint density at radius 2 is 1.51 bits per heavy atom. The number of piperidine rings is 3. The molecule has 5 aliphatic rings. The molecule has 16 nitrogen and oxygen atoms in total. The molecule has 5 amide bonds. The first-order valence-corrected chi connectivity index (χ1v) is 21.3. The van der Waals surface area contributed by atoms with Crippen LogP contribution in [0.4, 0.5) is 22.1 Å². The summed E-state index contributed by atoms with van der Waals surface area (Å²) in [5.41, 5.74) is 10.2. The number of likely N-dealkylation sites (tertiary alicyclic amines) is 2. The molecule has 5 aliphatic heterocycles. The van der Waals surface area contributed by atoms with Crippen molar-refractivity contribution in [1.29, 1.82) is 5.41 Å². The van der Waals surface area contributed by atoms with Crippen molar-refractivity contribution in [2.24, 2.45) is 0 Å². The average molecular weight is 826 g/mol. The zero-order chi connectivity index (χ0) is 42.0. The highest BCUT2D eigenvalue weighted by Crippen LogP contribution is 2.32. The molecule has 4 saturated heterocycles. The van der Waals surface area contributed by atoms with E-state index in [4.69, 9.17) is 15.9 Å². The lowest BCUT2D eigenvalue weighted by molar-refractivity contribution is -0.136. The summed E-state index contributed by atoms with van der Waals surface area (Å²) in [4.78, 5) is 70.0. The molecule has 0 aliphatic carbocycles. The van der Waals surface area contributed by atoms with Crippen molar-refractivity contribution >= 4 is 46.8 Å². The Morgan fingerprint density at radius 1 is 0.803 bits per heavy atom. The zero-order valence-electron chi connectivity index (χ0n) is 34.1. The van der Waals surface area contributed by atoms with Gasteiger partial charge >= 0.3 is 6.03 Å². The van der Waals surface area contributed by atoms with Gasteiger partial charge in [0.15, 0.2) is 0 Å². The lowest BCUT2D eigenvalue weighted by Crippen LogP contribution is -2.56. The molecule has 1 unspecified atom stereocenters. The number of hydrogen-bond acceptors (Lipinski definition) is 12. The van der Waals surface area contributed by atoms with Crippen molar-refractivity contribution in [1.82, 2.24) is 34.9 Å². The van der Waals surface area contributed by atoms with Crippen molar-refractivity contribution in [3.05, 3.63) is 101 Å². The first-order valence-electron chi connectivity index (χ1n) is 21.3. The van der Waals surface area contributed by atoms with Gasteiger partial charge in [0.2, 0.25) is 11.8 Å². The highest BCUT2D eigenvalue weighted by atomic mass is 16.5. The number of urea groups is 1. The van der Waals surface area contributed by atoms with Gasteiger partial charge in [-0.1, -0.05) is 18.2 Å². The van der Waals surface area contributed by atoms with Crippen LogP contribution >= 0.6 is 0 Å². The van der Waals surface area contributed by atoms with Gasteiger partial charge in [-0.2, -0.15) is 0 Å². The summed E-state index contributed by atoms with van der Waals surface area (Å²) in [6.45, 7) is 6.28. The van der Waals surface area contributed by atoms with Gasteiger partial charge in [0, 0.05) is 94.2 Å². The summed E-state index contributed by atoms with van der Waals surface area (Å²) in [7, 11) is 0. The number of carbonyl (C=O) groups excluding carboxylic acids is 4. The second kappa shape index (κ2) is 17.2. The number of carbonyl (C=O) groups is 4. The number of benzene rings is 3. The Hall–Kier alpha value is -6.55. The number of rotatable bonds is 9. The van der Waals surface area contributed by atoms with Crippen LogP contribution in [0.15, 0.2) is 79.1 Å². The fraction of sp³-hybridized carbons (Fsp3) is 0.400. The molecular formula is C45H51N11O5. The Morgan fingerprint density at radius 3 is 2.23 bits per heavy atom. The van der Waals surface area contributed by atoms with Crippen LogP contribution in [0.25, 0.3) is 0 Å². The summed E-state index contributed by atoms with van der Waals surface area (Å²) in [6.07, 6.45) is 5.72. The topological polar surface area (TPSA) is 193 Å². The van der Waals surface area contributed by atoms with Gasteiger partial charge in [0.25, 0.3) is 5.91 Å². The Kier molecular flexibility index (Phi) is 11.2. The fourth-order valence-corrected chi connectivity index (χ4v) is 9.35. The molecule has 0 spiro atoms. The van der Waals surface area contributed by atoms with E-state index >= 15 is 0 Å². The molecule has 0 radical (unpaired) electrons. The molecule has 4 fully saturated rings. The number of hydrogen-bond donors (Lipinski definition) is 4. The van der Waals surface area contributed by atoms with E-state index in [0.717, 1.165) is 68.9 Å². The van der Waals surface area contributed by atoms with Crippen LogP contribution in [-0.2, 0) is 16.1 Å². The molecule has 316 valence electrons. The first-order chi connectivity index (χ1) is 29.7. The largest absolute Gasteiger partial charge is 0.457 e. The number of nitrogens with two attached hydrogens (primary N) is 1. The summed E-state index contributed by atoms with van der Waals surface area (Å²) in [6, 6.07) is 22.8. The number of nitrogens with zero attached hydrogens (tertiary/aromatic N) is 7. The number of nitrogens with one attached hydrogen (secondary N) is 3. The molecule has 0 bridgehead atoms. The molecule has 5 N–H and O–H groups in total. The standard InChI is InChI=1S/C45H51N11O5/c46-40(29-6-9-35(10-7-29)61-34-4-2-1-3-5-34)39-41(47)48-28-49-42(39)50-31-14-18-52(19-15-31)32-16-20-54(21-17-32)45(60)55-24-22-53(23-25-55)33-8-11-36-30(26-33)27-56(44(36)59)37-12-13-38(57)51-43(37)58/h1-11,26,28,31-32,37,46H,12-25,27H2,(H,51,57,58)(H3,47,48,49,50). The fourth-order valence-electron chi connectivity index (χ4n) is 9.35. The molecule has 1 aromatic heterocycles. The van der Waals surface area contributed by atoms with Gasteiger partial charge < -0.3 is 40.3 Å². The predicted octanol–water partition coefficient (Wildman–Crippen LogP) is 4.31.